The Balaban J connectivity index is 1.87. The Hall–Kier alpha value is -2.71. The van der Waals surface area contributed by atoms with Crippen LogP contribution in [0.5, 0.6) is 0 Å². The highest BCUT2D eigenvalue weighted by atomic mass is 32.2. The topological polar surface area (TPSA) is 118 Å². The van der Waals surface area contributed by atoms with Crippen LogP contribution in [0.3, 0.4) is 0 Å². The number of H-pyrrole nitrogens is 1. The molecule has 2 aromatic carbocycles. The molecular formula is C14H12N4O3S. The Bertz CT molecular complexity index is 946. The first kappa shape index (κ1) is 14.2. The summed E-state index contributed by atoms with van der Waals surface area (Å²) < 4.78 is 22.4. The number of aromatic amines is 1. The molecule has 0 aliphatic carbocycles. The van der Waals surface area contributed by atoms with E-state index in [4.69, 9.17) is 5.14 Å². The molecule has 0 unspecified atom stereocenters. The third-order valence-electron chi connectivity index (χ3n) is 3.17. The van der Waals surface area contributed by atoms with Gasteiger partial charge in [-0.15, -0.1) is 0 Å². The second kappa shape index (κ2) is 5.24. The number of nitrogens with two attached hydrogens (primary N) is 1. The highest BCUT2D eigenvalue weighted by Crippen LogP contribution is 2.21. The molecule has 1 aromatic heterocycles. The molecule has 8 heteroatoms. The van der Waals surface area contributed by atoms with Crippen LogP contribution in [-0.2, 0) is 10.0 Å². The lowest BCUT2D eigenvalue weighted by molar-refractivity contribution is 0.102. The molecule has 112 valence electrons. The van der Waals surface area contributed by atoms with Gasteiger partial charge in [-0.2, -0.15) is 5.10 Å². The first-order valence-electron chi connectivity index (χ1n) is 6.31. The van der Waals surface area contributed by atoms with Gasteiger partial charge in [0.1, 0.15) is 0 Å². The van der Waals surface area contributed by atoms with Gasteiger partial charge >= 0.3 is 0 Å². The van der Waals surface area contributed by atoms with E-state index in [2.05, 4.69) is 15.5 Å². The summed E-state index contributed by atoms with van der Waals surface area (Å²) in [6, 6.07) is 10.8. The molecule has 0 spiro atoms. The van der Waals surface area contributed by atoms with Crippen LogP contribution in [0.25, 0.3) is 10.9 Å². The minimum absolute atomic E-state index is 0.0419. The summed E-state index contributed by atoms with van der Waals surface area (Å²) in [5, 5.41) is 15.4. The zero-order chi connectivity index (χ0) is 15.7. The van der Waals surface area contributed by atoms with Gasteiger partial charge in [-0.1, -0.05) is 12.1 Å². The number of rotatable bonds is 3. The number of nitrogens with one attached hydrogen (secondary N) is 2. The number of sulfonamides is 1. The first-order valence-corrected chi connectivity index (χ1v) is 7.86. The van der Waals surface area contributed by atoms with E-state index < -0.39 is 10.0 Å². The van der Waals surface area contributed by atoms with E-state index in [9.17, 15) is 13.2 Å². The minimum atomic E-state index is -3.77. The summed E-state index contributed by atoms with van der Waals surface area (Å²) in [6.07, 6.45) is 1.66. The number of hydrogen-bond donors (Lipinski definition) is 3. The molecule has 0 aliphatic rings. The average Bonchev–Trinajstić information content (AvgIpc) is 2.96. The van der Waals surface area contributed by atoms with Gasteiger partial charge in [0.15, 0.2) is 0 Å². The fourth-order valence-corrected chi connectivity index (χ4v) is 2.58. The van der Waals surface area contributed by atoms with E-state index in [1.807, 2.05) is 6.07 Å². The van der Waals surface area contributed by atoms with Crippen molar-refractivity contribution in [1.82, 2.24) is 10.2 Å². The van der Waals surface area contributed by atoms with Gasteiger partial charge in [0.2, 0.25) is 10.0 Å². The molecule has 22 heavy (non-hydrogen) atoms. The van der Waals surface area contributed by atoms with Crippen molar-refractivity contribution in [3.05, 3.63) is 54.2 Å². The van der Waals surface area contributed by atoms with E-state index in [0.717, 1.165) is 10.9 Å². The van der Waals surface area contributed by atoms with Crippen molar-refractivity contribution < 1.29 is 13.2 Å². The Kier molecular flexibility index (Phi) is 3.39. The summed E-state index contributed by atoms with van der Waals surface area (Å²) in [5.41, 5.74) is 1.64. The molecule has 0 radical (unpaired) electrons. The maximum absolute atomic E-state index is 12.2. The van der Waals surface area contributed by atoms with Gasteiger partial charge in [-0.25, -0.2) is 13.6 Å². The zero-order valence-electron chi connectivity index (χ0n) is 11.3. The predicted octanol–water partition coefficient (Wildman–Crippen LogP) is 1.46. The van der Waals surface area contributed by atoms with Crippen LogP contribution >= 0.6 is 0 Å². The molecule has 0 saturated heterocycles. The molecule has 4 N–H and O–H groups in total. The van der Waals surface area contributed by atoms with E-state index in [-0.39, 0.29) is 10.8 Å². The summed E-state index contributed by atoms with van der Waals surface area (Å²) in [7, 11) is -3.77. The fraction of sp³-hybridized carbons (Fsp3) is 0. The molecule has 0 bridgehead atoms. The number of hydrogen-bond acceptors (Lipinski definition) is 4. The fourth-order valence-electron chi connectivity index (χ4n) is 2.06. The van der Waals surface area contributed by atoms with Gasteiger partial charge in [0.05, 0.1) is 22.3 Å². The maximum atomic E-state index is 12.2. The van der Waals surface area contributed by atoms with Crippen LogP contribution in [0, 0.1) is 0 Å². The number of fused-ring (bicyclic) bond motifs is 1. The smallest absolute Gasteiger partial charge is 0.255 e. The summed E-state index contributed by atoms with van der Waals surface area (Å²) in [4.78, 5) is 12.2. The number of anilines is 1. The molecule has 0 aliphatic heterocycles. The van der Waals surface area contributed by atoms with Crippen molar-refractivity contribution in [3.63, 3.8) is 0 Å². The summed E-state index contributed by atoms with van der Waals surface area (Å²) >= 11 is 0. The normalized spacial score (nSPS) is 11.5. The quantitative estimate of drug-likeness (QED) is 0.678. The molecule has 3 aromatic rings. The molecule has 1 amide bonds. The number of carbonyl (C=O) groups excluding carboxylic acids is 1. The SMILES string of the molecule is NS(=O)(=O)c1ccc(C(=O)Nc2cccc3cn[nH]c23)cc1. The van der Waals surface area contributed by atoms with Gasteiger partial charge in [0.25, 0.3) is 5.91 Å². The molecule has 7 nitrogen and oxygen atoms in total. The van der Waals surface area contributed by atoms with Gasteiger partial charge < -0.3 is 5.32 Å². The second-order valence-electron chi connectivity index (χ2n) is 4.66. The van der Waals surface area contributed by atoms with Crippen LogP contribution in [0.1, 0.15) is 10.4 Å². The van der Waals surface area contributed by atoms with Crippen molar-refractivity contribution in [3.8, 4) is 0 Å². The molecule has 0 saturated carbocycles. The van der Waals surface area contributed by atoms with Gasteiger partial charge in [0, 0.05) is 10.9 Å². The standard InChI is InChI=1S/C14H12N4O3S/c15-22(20,21)11-6-4-9(5-7-11)14(19)17-12-3-1-2-10-8-16-18-13(10)12/h1-8H,(H,16,18)(H,17,19)(H2,15,20,21). The summed E-state index contributed by atoms with van der Waals surface area (Å²) in [5.74, 6) is -0.358. The Morgan fingerprint density at radius 2 is 1.86 bits per heavy atom. The maximum Gasteiger partial charge on any atom is 0.255 e. The third kappa shape index (κ3) is 2.69. The number of primary sulfonamides is 1. The molecule has 0 fully saturated rings. The third-order valence-corrected chi connectivity index (χ3v) is 4.10. The van der Waals surface area contributed by atoms with Crippen LogP contribution in [-0.4, -0.2) is 24.5 Å². The lowest BCUT2D eigenvalue weighted by Gasteiger charge is -2.07. The molecule has 0 atom stereocenters. The van der Waals surface area contributed by atoms with Crippen molar-refractivity contribution in [2.45, 2.75) is 4.90 Å². The summed E-state index contributed by atoms with van der Waals surface area (Å²) in [6.45, 7) is 0. The van der Waals surface area contributed by atoms with Crippen LogP contribution in [0.2, 0.25) is 0 Å². The van der Waals surface area contributed by atoms with Crippen molar-refractivity contribution >= 4 is 32.5 Å². The van der Waals surface area contributed by atoms with Crippen LogP contribution in [0.15, 0.2) is 53.6 Å². The monoisotopic (exact) mass is 316 g/mol. The highest BCUT2D eigenvalue weighted by molar-refractivity contribution is 7.89. The van der Waals surface area contributed by atoms with E-state index in [1.165, 1.54) is 24.3 Å². The van der Waals surface area contributed by atoms with Crippen LogP contribution in [0.4, 0.5) is 5.69 Å². The van der Waals surface area contributed by atoms with Gasteiger partial charge in [-0.05, 0) is 30.3 Å². The largest absolute Gasteiger partial charge is 0.320 e. The predicted molar refractivity (Wildman–Crippen MR) is 81.9 cm³/mol. The number of amides is 1. The van der Waals surface area contributed by atoms with E-state index in [1.54, 1.807) is 18.3 Å². The van der Waals surface area contributed by atoms with Crippen molar-refractivity contribution in [2.75, 3.05) is 5.32 Å². The highest BCUT2D eigenvalue weighted by Gasteiger charge is 2.12. The van der Waals surface area contributed by atoms with Crippen molar-refractivity contribution in [1.29, 1.82) is 0 Å². The zero-order valence-corrected chi connectivity index (χ0v) is 12.1. The Morgan fingerprint density at radius 1 is 1.14 bits per heavy atom. The van der Waals surface area contributed by atoms with Gasteiger partial charge in [-0.3, -0.25) is 9.89 Å². The average molecular weight is 316 g/mol. The number of benzene rings is 2. The van der Waals surface area contributed by atoms with E-state index >= 15 is 0 Å². The minimum Gasteiger partial charge on any atom is -0.320 e. The first-order chi connectivity index (χ1) is 10.4. The molecule has 1 heterocycles. The van der Waals surface area contributed by atoms with Crippen molar-refractivity contribution in [2.24, 2.45) is 5.14 Å². The number of carbonyl (C=O) groups is 1. The lowest BCUT2D eigenvalue weighted by Crippen LogP contribution is -2.14. The Labute approximate surface area is 126 Å². The second-order valence-corrected chi connectivity index (χ2v) is 6.22. The Morgan fingerprint density at radius 3 is 2.55 bits per heavy atom. The lowest BCUT2D eigenvalue weighted by atomic mass is 10.2. The number of aromatic nitrogens is 2. The molecular weight excluding hydrogens is 304 g/mol. The number of para-hydroxylation sites is 1. The van der Waals surface area contributed by atoms with E-state index in [0.29, 0.717) is 11.3 Å². The van der Waals surface area contributed by atoms with Crippen LogP contribution < -0.4 is 10.5 Å². The molecule has 3 rings (SSSR count). The number of nitrogens with zero attached hydrogens (tertiary/aromatic N) is 1.